The van der Waals surface area contributed by atoms with E-state index >= 15 is 0 Å². The van der Waals surface area contributed by atoms with Crippen molar-refractivity contribution in [2.24, 2.45) is 0 Å². The number of nitrogens with one attached hydrogen (secondary N) is 1. The monoisotopic (exact) mass is 599 g/mol. The van der Waals surface area contributed by atoms with Gasteiger partial charge in [0.25, 0.3) is 0 Å². The smallest absolute Gasteiger partial charge is 0.237 e. The first kappa shape index (κ1) is 32.2. The van der Waals surface area contributed by atoms with Crippen LogP contribution in [-0.4, -0.2) is 82.3 Å². The van der Waals surface area contributed by atoms with Gasteiger partial charge in [0, 0.05) is 23.5 Å². The second-order valence-corrected chi connectivity index (χ2v) is 12.3. The van der Waals surface area contributed by atoms with Gasteiger partial charge in [-0.2, -0.15) is 5.26 Å². The summed E-state index contributed by atoms with van der Waals surface area (Å²) in [5, 5.41) is 43.2. The van der Waals surface area contributed by atoms with Gasteiger partial charge in [0.15, 0.2) is 0 Å². The van der Waals surface area contributed by atoms with Crippen molar-refractivity contribution in [3.05, 3.63) is 64.2 Å². The quantitative estimate of drug-likeness (QED) is 0.272. The number of amides is 1. The first-order valence-electron chi connectivity index (χ1n) is 14.7. The molecule has 9 nitrogen and oxygen atoms in total. The van der Waals surface area contributed by atoms with Crippen LogP contribution in [0, 0.1) is 11.3 Å². The van der Waals surface area contributed by atoms with Crippen molar-refractivity contribution in [1.82, 2.24) is 10.2 Å². The number of aliphatic hydroxyl groups is 3. The lowest BCUT2D eigenvalue weighted by atomic mass is 9.92. The van der Waals surface area contributed by atoms with Gasteiger partial charge >= 0.3 is 0 Å². The highest BCUT2D eigenvalue weighted by Crippen LogP contribution is 2.34. The highest BCUT2D eigenvalue weighted by molar-refractivity contribution is 6.31. The number of carbonyl (C=O) groups excluding carboxylic acids is 1. The van der Waals surface area contributed by atoms with Crippen LogP contribution >= 0.6 is 11.6 Å². The molecule has 2 aromatic carbocycles. The summed E-state index contributed by atoms with van der Waals surface area (Å²) in [6.45, 7) is 5.23. The molecule has 42 heavy (non-hydrogen) atoms. The maximum atomic E-state index is 12.5. The highest BCUT2D eigenvalue weighted by Gasteiger charge is 2.37. The molecule has 0 saturated carbocycles. The van der Waals surface area contributed by atoms with E-state index in [1.807, 2.05) is 30.3 Å². The average molecular weight is 600 g/mol. The molecule has 4 N–H and O–H groups in total. The highest BCUT2D eigenvalue weighted by atomic mass is 35.5. The van der Waals surface area contributed by atoms with Gasteiger partial charge in [-0.15, -0.1) is 0 Å². The summed E-state index contributed by atoms with van der Waals surface area (Å²) in [4.78, 5) is 14.2. The van der Waals surface area contributed by atoms with Crippen LogP contribution in [0.3, 0.4) is 0 Å². The topological polar surface area (TPSA) is 135 Å². The summed E-state index contributed by atoms with van der Waals surface area (Å²) in [5.74, 6) is 0.745. The predicted molar refractivity (Wildman–Crippen MR) is 159 cm³/mol. The number of ether oxygens (including phenoxy) is 2. The Bertz CT molecular complexity index is 1230. The van der Waals surface area contributed by atoms with Gasteiger partial charge in [0.05, 0.1) is 38.0 Å². The molecule has 10 heteroatoms. The number of hydrogen-bond acceptors (Lipinski definition) is 8. The summed E-state index contributed by atoms with van der Waals surface area (Å²) < 4.78 is 11.7. The van der Waals surface area contributed by atoms with Crippen LogP contribution in [0.15, 0.2) is 42.5 Å². The molecular weight excluding hydrogens is 558 g/mol. The number of nitriles is 1. The minimum Gasteiger partial charge on any atom is -0.494 e. The Hall–Kier alpha value is -2.71. The molecular formula is C32H42ClN3O6. The van der Waals surface area contributed by atoms with E-state index in [2.05, 4.69) is 25.2 Å². The Labute approximate surface area is 253 Å². The van der Waals surface area contributed by atoms with E-state index in [0.29, 0.717) is 24.6 Å². The van der Waals surface area contributed by atoms with Crippen LogP contribution in [0.5, 0.6) is 5.75 Å². The molecule has 2 aromatic rings. The van der Waals surface area contributed by atoms with Crippen molar-refractivity contribution in [3.63, 3.8) is 0 Å². The van der Waals surface area contributed by atoms with Crippen LogP contribution < -0.4 is 10.1 Å². The molecule has 0 unspecified atom stereocenters. The van der Waals surface area contributed by atoms with Gasteiger partial charge in [0.1, 0.15) is 24.0 Å². The molecule has 2 saturated heterocycles. The number of rotatable bonds is 12. The molecule has 5 atom stereocenters. The Morgan fingerprint density at radius 2 is 1.98 bits per heavy atom. The van der Waals surface area contributed by atoms with E-state index in [4.69, 9.17) is 21.1 Å². The van der Waals surface area contributed by atoms with Crippen LogP contribution in [-0.2, 0) is 16.0 Å². The lowest BCUT2D eigenvalue weighted by Gasteiger charge is -2.37. The molecule has 2 aliphatic rings. The molecule has 228 valence electrons. The first-order valence-corrected chi connectivity index (χ1v) is 15.0. The van der Waals surface area contributed by atoms with Gasteiger partial charge in [-0.3, -0.25) is 4.79 Å². The van der Waals surface area contributed by atoms with Gasteiger partial charge < -0.3 is 35.0 Å². The van der Waals surface area contributed by atoms with E-state index in [-0.39, 0.29) is 37.1 Å². The van der Waals surface area contributed by atoms with Crippen molar-refractivity contribution in [2.75, 3.05) is 26.3 Å². The Morgan fingerprint density at radius 3 is 2.69 bits per heavy atom. The van der Waals surface area contributed by atoms with E-state index in [1.165, 1.54) is 0 Å². The zero-order valence-electron chi connectivity index (χ0n) is 24.3. The first-order chi connectivity index (χ1) is 20.1. The Balaban J connectivity index is 1.24. The minimum absolute atomic E-state index is 0.0217. The van der Waals surface area contributed by atoms with Crippen LogP contribution in [0.25, 0.3) is 0 Å². The number of nitrogens with zero attached hydrogens (tertiary/aromatic N) is 2. The fourth-order valence-electron chi connectivity index (χ4n) is 5.60. The normalized spacial score (nSPS) is 24.4. The molecule has 0 radical (unpaired) electrons. The lowest BCUT2D eigenvalue weighted by molar-refractivity contribution is -0.181. The fourth-order valence-corrected chi connectivity index (χ4v) is 5.78. The Morgan fingerprint density at radius 1 is 1.21 bits per heavy atom. The van der Waals surface area contributed by atoms with Gasteiger partial charge in [-0.05, 0) is 80.8 Å². The zero-order valence-corrected chi connectivity index (χ0v) is 25.1. The number of carbonyl (C=O) groups is 1. The fraction of sp³-hybridized carbons (Fsp3) is 0.562. The van der Waals surface area contributed by atoms with E-state index in [0.717, 1.165) is 48.1 Å². The van der Waals surface area contributed by atoms with Crippen molar-refractivity contribution < 1.29 is 29.6 Å². The molecule has 2 fully saturated rings. The standard InChI is InChI=1S/C32H42ClN3O6/c1-32(2,35-19-30(40)36-13-3-5-24(36)18-34)12-4-14-41-25-9-6-21(7-10-25)15-23-16-22(8-11-26(23)33)31-28(39)17-27(38)29(20-37)42-31/h6-11,16,24,27-29,31,35,37-39H,3-5,12-15,17,19-20H2,1-2H3/t24-,27-,28+,29+,31-/m0/s1. The second kappa shape index (κ2) is 14.6. The van der Waals surface area contributed by atoms with Crippen molar-refractivity contribution in [3.8, 4) is 11.8 Å². The molecule has 2 aliphatic heterocycles. The summed E-state index contributed by atoms with van der Waals surface area (Å²) in [7, 11) is 0. The molecule has 0 aliphatic carbocycles. The molecule has 4 rings (SSSR count). The van der Waals surface area contributed by atoms with Gasteiger partial charge in [-0.1, -0.05) is 35.9 Å². The predicted octanol–water partition coefficient (Wildman–Crippen LogP) is 3.52. The number of aliphatic hydroxyl groups excluding tert-OH is 3. The Kier molecular flexibility index (Phi) is 11.2. The third-order valence-corrected chi connectivity index (χ3v) is 8.50. The zero-order chi connectivity index (χ0) is 30.3. The van der Waals surface area contributed by atoms with Crippen LogP contribution in [0.1, 0.15) is 68.7 Å². The molecule has 0 bridgehead atoms. The SMILES string of the molecule is CC(C)(CCCOc1ccc(Cc2cc([C@@H]3O[C@H](CO)[C@@H](O)C[C@H]3O)ccc2Cl)cc1)NCC(=O)N1CCC[C@H]1C#N. The summed E-state index contributed by atoms with van der Waals surface area (Å²) in [6.07, 6.45) is 0.790. The molecule has 1 amide bonds. The van der Waals surface area contributed by atoms with Crippen molar-refractivity contribution in [2.45, 2.75) is 88.4 Å². The summed E-state index contributed by atoms with van der Waals surface area (Å²) in [5.41, 5.74) is 2.43. The number of hydrogen-bond donors (Lipinski definition) is 4. The minimum atomic E-state index is -0.911. The maximum Gasteiger partial charge on any atom is 0.237 e. The summed E-state index contributed by atoms with van der Waals surface area (Å²) in [6, 6.07) is 15.2. The van der Waals surface area contributed by atoms with E-state index < -0.39 is 24.4 Å². The van der Waals surface area contributed by atoms with Crippen molar-refractivity contribution >= 4 is 17.5 Å². The van der Waals surface area contributed by atoms with E-state index in [1.54, 1.807) is 17.0 Å². The largest absolute Gasteiger partial charge is 0.494 e. The maximum absolute atomic E-state index is 12.5. The van der Waals surface area contributed by atoms with Gasteiger partial charge in [-0.25, -0.2) is 0 Å². The van der Waals surface area contributed by atoms with Crippen LogP contribution in [0.4, 0.5) is 0 Å². The third-order valence-electron chi connectivity index (χ3n) is 8.13. The van der Waals surface area contributed by atoms with E-state index in [9.17, 15) is 25.4 Å². The van der Waals surface area contributed by atoms with Crippen LogP contribution in [0.2, 0.25) is 5.02 Å². The second-order valence-electron chi connectivity index (χ2n) is 11.9. The van der Waals surface area contributed by atoms with Gasteiger partial charge in [0.2, 0.25) is 5.91 Å². The number of halogens is 1. The average Bonchev–Trinajstić information content (AvgIpc) is 3.46. The molecule has 2 heterocycles. The number of likely N-dealkylation sites (tertiary alicyclic amines) is 1. The van der Waals surface area contributed by atoms with Crippen molar-refractivity contribution in [1.29, 1.82) is 5.26 Å². The number of benzene rings is 2. The molecule has 0 aromatic heterocycles. The lowest BCUT2D eigenvalue weighted by Crippen LogP contribution is -2.47. The third kappa shape index (κ3) is 8.44. The molecule has 0 spiro atoms. The summed E-state index contributed by atoms with van der Waals surface area (Å²) >= 11 is 6.49.